The molecule has 1 aromatic heterocycles. The lowest BCUT2D eigenvalue weighted by atomic mass is 10.5. The number of aldehydes is 1. The second-order valence-electron chi connectivity index (χ2n) is 2.31. The Labute approximate surface area is 71.0 Å². The highest BCUT2D eigenvalue weighted by atomic mass is 16.5. The van der Waals surface area contributed by atoms with Gasteiger partial charge in [0.15, 0.2) is 6.29 Å². The van der Waals surface area contributed by atoms with Gasteiger partial charge in [0.1, 0.15) is 11.5 Å². The van der Waals surface area contributed by atoms with Crippen LogP contribution in [0.15, 0.2) is 0 Å². The molecule has 1 N–H and O–H groups in total. The van der Waals surface area contributed by atoms with Gasteiger partial charge < -0.3 is 9.72 Å². The van der Waals surface area contributed by atoms with Crippen molar-refractivity contribution in [2.45, 2.75) is 20.3 Å². The molecule has 0 unspecified atom stereocenters. The zero-order valence-corrected chi connectivity index (χ0v) is 7.26. The number of hydrogen-bond donors (Lipinski definition) is 1. The number of carbonyl (C=O) groups is 1. The molecule has 0 aliphatic heterocycles. The highest BCUT2D eigenvalue weighted by Gasteiger charge is 2.08. The fourth-order valence-electron chi connectivity index (χ4n) is 0.914. The quantitative estimate of drug-likeness (QED) is 0.687. The van der Waals surface area contributed by atoms with Crippen LogP contribution in [-0.4, -0.2) is 22.9 Å². The van der Waals surface area contributed by atoms with Gasteiger partial charge in [-0.25, -0.2) is 0 Å². The summed E-state index contributed by atoms with van der Waals surface area (Å²) in [6.07, 6.45) is 1.49. The van der Waals surface area contributed by atoms with Crippen molar-refractivity contribution in [3.63, 3.8) is 0 Å². The van der Waals surface area contributed by atoms with E-state index in [1.165, 1.54) is 0 Å². The van der Waals surface area contributed by atoms with Gasteiger partial charge in [-0.05, 0) is 6.92 Å². The van der Waals surface area contributed by atoms with E-state index in [0.717, 1.165) is 18.5 Å². The molecule has 1 rings (SSSR count). The Bertz CT molecular complexity index is 268. The maximum atomic E-state index is 10.5. The van der Waals surface area contributed by atoms with Crippen molar-refractivity contribution in [3.05, 3.63) is 11.5 Å². The Kier molecular flexibility index (Phi) is 2.85. The molecule has 0 saturated heterocycles. The second kappa shape index (κ2) is 3.90. The van der Waals surface area contributed by atoms with Crippen LogP contribution in [0.1, 0.15) is 30.2 Å². The number of H-pyrrole nitrogens is 1. The lowest BCUT2D eigenvalue weighted by Crippen LogP contribution is -1.94. The molecule has 0 atom stereocenters. The molecule has 0 bridgehead atoms. The van der Waals surface area contributed by atoms with Crippen LogP contribution in [0.25, 0.3) is 0 Å². The van der Waals surface area contributed by atoms with E-state index in [9.17, 15) is 4.79 Å². The Morgan fingerprint density at radius 3 is 2.83 bits per heavy atom. The summed E-state index contributed by atoms with van der Waals surface area (Å²) in [4.78, 5) is 17.4. The summed E-state index contributed by atoms with van der Waals surface area (Å²) in [7, 11) is 0. The first-order chi connectivity index (χ1) is 5.81. The van der Waals surface area contributed by atoms with Gasteiger partial charge in [-0.3, -0.25) is 4.79 Å². The average Bonchev–Trinajstić information content (AvgIpc) is 2.48. The molecular weight excluding hydrogens is 156 g/mol. The summed E-state index contributed by atoms with van der Waals surface area (Å²) in [5.41, 5.74) is 0.425. The van der Waals surface area contributed by atoms with E-state index in [-0.39, 0.29) is 0 Å². The van der Waals surface area contributed by atoms with E-state index in [1.54, 1.807) is 0 Å². The van der Waals surface area contributed by atoms with Gasteiger partial charge in [0, 0.05) is 6.42 Å². The van der Waals surface area contributed by atoms with Crippen molar-refractivity contribution >= 4 is 6.29 Å². The Morgan fingerprint density at radius 2 is 2.33 bits per heavy atom. The number of aromatic nitrogens is 2. The van der Waals surface area contributed by atoms with Crippen LogP contribution in [0.2, 0.25) is 0 Å². The van der Waals surface area contributed by atoms with E-state index >= 15 is 0 Å². The summed E-state index contributed by atoms with van der Waals surface area (Å²) in [6.45, 7) is 4.34. The number of aromatic amines is 1. The van der Waals surface area contributed by atoms with Crippen LogP contribution in [0.5, 0.6) is 5.88 Å². The van der Waals surface area contributed by atoms with Crippen molar-refractivity contribution in [1.82, 2.24) is 9.97 Å². The Balaban J connectivity index is 2.91. The Hall–Kier alpha value is -1.32. The minimum Gasteiger partial charge on any atom is -0.476 e. The molecule has 0 amide bonds. The minimum atomic E-state index is 0.407. The predicted molar refractivity (Wildman–Crippen MR) is 44.5 cm³/mol. The zero-order chi connectivity index (χ0) is 8.97. The zero-order valence-electron chi connectivity index (χ0n) is 7.26. The monoisotopic (exact) mass is 168 g/mol. The maximum Gasteiger partial charge on any atom is 0.242 e. The van der Waals surface area contributed by atoms with Gasteiger partial charge >= 0.3 is 0 Å². The summed E-state index contributed by atoms with van der Waals surface area (Å²) >= 11 is 0. The second-order valence-corrected chi connectivity index (χ2v) is 2.31. The van der Waals surface area contributed by atoms with E-state index in [0.29, 0.717) is 18.2 Å². The van der Waals surface area contributed by atoms with Crippen molar-refractivity contribution in [3.8, 4) is 5.88 Å². The van der Waals surface area contributed by atoms with Gasteiger partial charge in [0.05, 0.1) is 6.61 Å². The van der Waals surface area contributed by atoms with Gasteiger partial charge in [-0.2, -0.15) is 4.98 Å². The molecule has 1 aromatic rings. The summed E-state index contributed by atoms with van der Waals surface area (Å²) < 4.78 is 5.14. The fraction of sp³-hybridized carbons (Fsp3) is 0.500. The number of aryl methyl sites for hydroxylation is 1. The van der Waals surface area contributed by atoms with Crippen LogP contribution >= 0.6 is 0 Å². The van der Waals surface area contributed by atoms with Crippen molar-refractivity contribution in [1.29, 1.82) is 0 Å². The van der Waals surface area contributed by atoms with Crippen LogP contribution < -0.4 is 4.74 Å². The molecule has 0 aromatic carbocycles. The normalized spacial score (nSPS) is 9.83. The highest BCUT2D eigenvalue weighted by Crippen LogP contribution is 2.12. The smallest absolute Gasteiger partial charge is 0.242 e. The largest absolute Gasteiger partial charge is 0.476 e. The number of imidazole rings is 1. The summed E-state index contributed by atoms with van der Waals surface area (Å²) in [5.74, 6) is 1.19. The standard InChI is InChI=1S/C8H12N2O2/c1-3-7-9-6(5-11)8(10-7)12-4-2/h5H,3-4H2,1-2H3,(H,9,10). The first kappa shape index (κ1) is 8.77. The Morgan fingerprint density at radius 1 is 1.58 bits per heavy atom. The minimum absolute atomic E-state index is 0.407. The number of nitrogens with one attached hydrogen (secondary N) is 1. The number of ether oxygens (including phenoxy) is 1. The molecule has 0 spiro atoms. The topological polar surface area (TPSA) is 55.0 Å². The molecule has 0 fully saturated rings. The van der Waals surface area contributed by atoms with Gasteiger partial charge in [0.25, 0.3) is 0 Å². The number of hydrogen-bond acceptors (Lipinski definition) is 3. The molecule has 0 aliphatic rings. The van der Waals surface area contributed by atoms with E-state index in [4.69, 9.17) is 4.74 Å². The number of rotatable bonds is 4. The lowest BCUT2D eigenvalue weighted by molar-refractivity contribution is 0.111. The lowest BCUT2D eigenvalue weighted by Gasteiger charge is -1.95. The molecule has 4 nitrogen and oxygen atoms in total. The average molecular weight is 168 g/mol. The van der Waals surface area contributed by atoms with Gasteiger partial charge in [-0.15, -0.1) is 0 Å². The third kappa shape index (κ3) is 1.64. The third-order valence-corrected chi connectivity index (χ3v) is 1.48. The first-order valence-corrected chi connectivity index (χ1v) is 3.98. The van der Waals surface area contributed by atoms with Gasteiger partial charge in [-0.1, -0.05) is 6.92 Å². The van der Waals surface area contributed by atoms with Crippen LogP contribution in [0.3, 0.4) is 0 Å². The van der Waals surface area contributed by atoms with Crippen LogP contribution in [0, 0.1) is 0 Å². The number of nitrogens with zero attached hydrogens (tertiary/aromatic N) is 1. The van der Waals surface area contributed by atoms with E-state index < -0.39 is 0 Å². The van der Waals surface area contributed by atoms with E-state index in [1.807, 2.05) is 13.8 Å². The predicted octanol–water partition coefficient (Wildman–Crippen LogP) is 1.18. The SMILES string of the molecule is CCOc1nc(CC)[nH]c1C=O. The van der Waals surface area contributed by atoms with Crippen molar-refractivity contribution in [2.75, 3.05) is 6.61 Å². The molecule has 0 radical (unpaired) electrons. The molecule has 66 valence electrons. The van der Waals surface area contributed by atoms with Crippen LogP contribution in [0.4, 0.5) is 0 Å². The maximum absolute atomic E-state index is 10.5. The molecule has 1 heterocycles. The fourth-order valence-corrected chi connectivity index (χ4v) is 0.914. The summed E-state index contributed by atoms with van der Waals surface area (Å²) in [5, 5.41) is 0. The van der Waals surface area contributed by atoms with Crippen LogP contribution in [-0.2, 0) is 6.42 Å². The van der Waals surface area contributed by atoms with Crippen molar-refractivity contribution < 1.29 is 9.53 Å². The molecular formula is C8H12N2O2. The van der Waals surface area contributed by atoms with E-state index in [2.05, 4.69) is 9.97 Å². The number of carbonyl (C=O) groups excluding carboxylic acids is 1. The molecule has 0 aliphatic carbocycles. The molecule has 4 heteroatoms. The van der Waals surface area contributed by atoms with Crippen molar-refractivity contribution in [2.24, 2.45) is 0 Å². The first-order valence-electron chi connectivity index (χ1n) is 3.98. The molecule has 0 saturated carbocycles. The molecule has 12 heavy (non-hydrogen) atoms. The summed E-state index contributed by atoms with van der Waals surface area (Å²) in [6, 6.07) is 0. The highest BCUT2D eigenvalue weighted by molar-refractivity contribution is 5.75. The third-order valence-electron chi connectivity index (χ3n) is 1.48. The van der Waals surface area contributed by atoms with Gasteiger partial charge in [0.2, 0.25) is 5.88 Å².